The van der Waals surface area contributed by atoms with Crippen LogP contribution in [-0.4, -0.2) is 26.2 Å². The maximum absolute atomic E-state index is 13.1. The summed E-state index contributed by atoms with van der Waals surface area (Å²) in [6.07, 6.45) is 1.63. The lowest BCUT2D eigenvalue weighted by Gasteiger charge is -2.21. The molecule has 0 aliphatic carbocycles. The molecule has 2 rings (SSSR count). The van der Waals surface area contributed by atoms with Gasteiger partial charge in [0.2, 0.25) is 0 Å². The normalized spacial score (nSPS) is 10.1. The molecule has 24 heavy (non-hydrogen) atoms. The number of amides is 1. The van der Waals surface area contributed by atoms with Crippen molar-refractivity contribution in [2.75, 3.05) is 25.2 Å². The van der Waals surface area contributed by atoms with Crippen LogP contribution in [0.15, 0.2) is 55.1 Å². The first-order valence-corrected chi connectivity index (χ1v) is 7.59. The van der Waals surface area contributed by atoms with E-state index >= 15 is 0 Å². The molecular weight excluding hydrogens is 309 g/mol. The number of hydrogen-bond donors (Lipinski definition) is 0. The third-order valence-corrected chi connectivity index (χ3v) is 3.47. The van der Waals surface area contributed by atoms with Crippen molar-refractivity contribution in [2.45, 2.75) is 6.92 Å². The molecule has 4 nitrogen and oxygen atoms in total. The number of benzene rings is 2. The number of anilines is 1. The number of hydrogen-bond acceptors (Lipinski definition) is 3. The van der Waals surface area contributed by atoms with E-state index in [9.17, 15) is 9.18 Å². The van der Waals surface area contributed by atoms with Crippen LogP contribution >= 0.6 is 0 Å². The zero-order valence-corrected chi connectivity index (χ0v) is 13.8. The van der Waals surface area contributed by atoms with Gasteiger partial charge >= 0.3 is 0 Å². The minimum atomic E-state index is -0.340. The number of rotatable bonds is 7. The summed E-state index contributed by atoms with van der Waals surface area (Å²) < 4.78 is 23.9. The van der Waals surface area contributed by atoms with Crippen molar-refractivity contribution in [1.82, 2.24) is 0 Å². The summed E-state index contributed by atoms with van der Waals surface area (Å²) in [6, 6.07) is 10.8. The molecule has 2 aromatic carbocycles. The fourth-order valence-electron chi connectivity index (χ4n) is 2.29. The van der Waals surface area contributed by atoms with Crippen LogP contribution in [0.1, 0.15) is 17.3 Å². The van der Waals surface area contributed by atoms with Crippen LogP contribution in [0.2, 0.25) is 0 Å². The summed E-state index contributed by atoms with van der Waals surface area (Å²) in [7, 11) is 1.52. The SMILES string of the molecule is C=CCOc1ccc(C(=O)N(CC)c2ccc(F)cc2)cc1OC. The van der Waals surface area contributed by atoms with Crippen LogP contribution in [0.25, 0.3) is 0 Å². The Bertz CT molecular complexity index is 713. The smallest absolute Gasteiger partial charge is 0.258 e. The molecule has 0 spiro atoms. The van der Waals surface area contributed by atoms with Crippen molar-refractivity contribution in [3.8, 4) is 11.5 Å². The molecule has 0 atom stereocenters. The Hall–Kier alpha value is -2.82. The average molecular weight is 329 g/mol. The second-order valence-electron chi connectivity index (χ2n) is 4.99. The fourth-order valence-corrected chi connectivity index (χ4v) is 2.29. The molecule has 0 aromatic heterocycles. The van der Waals surface area contributed by atoms with Crippen LogP contribution in [0.5, 0.6) is 11.5 Å². The number of halogens is 1. The molecule has 0 aliphatic heterocycles. The average Bonchev–Trinajstić information content (AvgIpc) is 2.61. The number of methoxy groups -OCH3 is 1. The topological polar surface area (TPSA) is 38.8 Å². The van der Waals surface area contributed by atoms with E-state index < -0.39 is 0 Å². The Balaban J connectivity index is 2.29. The summed E-state index contributed by atoms with van der Waals surface area (Å²) in [5, 5.41) is 0. The third-order valence-electron chi connectivity index (χ3n) is 3.47. The molecule has 2 aromatic rings. The minimum absolute atomic E-state index is 0.197. The highest BCUT2D eigenvalue weighted by molar-refractivity contribution is 6.06. The first kappa shape index (κ1) is 17.5. The van der Waals surface area contributed by atoms with E-state index in [-0.39, 0.29) is 11.7 Å². The highest BCUT2D eigenvalue weighted by Gasteiger charge is 2.18. The molecule has 0 bridgehead atoms. The largest absolute Gasteiger partial charge is 0.493 e. The van der Waals surface area contributed by atoms with E-state index in [0.29, 0.717) is 35.9 Å². The van der Waals surface area contributed by atoms with Gasteiger partial charge in [0.25, 0.3) is 5.91 Å². The second kappa shape index (κ2) is 8.15. The van der Waals surface area contributed by atoms with Crippen LogP contribution in [0.3, 0.4) is 0 Å². The first-order valence-electron chi connectivity index (χ1n) is 7.59. The van der Waals surface area contributed by atoms with Crippen molar-refractivity contribution in [3.05, 3.63) is 66.5 Å². The maximum Gasteiger partial charge on any atom is 0.258 e. The number of carbonyl (C=O) groups is 1. The minimum Gasteiger partial charge on any atom is -0.493 e. The molecule has 0 radical (unpaired) electrons. The second-order valence-corrected chi connectivity index (χ2v) is 4.99. The van der Waals surface area contributed by atoms with E-state index in [1.807, 2.05) is 6.92 Å². The molecule has 0 heterocycles. The molecule has 0 N–H and O–H groups in total. The van der Waals surface area contributed by atoms with E-state index in [0.717, 1.165) is 0 Å². The van der Waals surface area contributed by atoms with Crippen LogP contribution in [0.4, 0.5) is 10.1 Å². The standard InChI is InChI=1S/C19H20FNO3/c1-4-12-24-17-11-6-14(13-18(17)23-3)19(22)21(5-2)16-9-7-15(20)8-10-16/h4,6-11,13H,1,5,12H2,2-3H3. The van der Waals surface area contributed by atoms with Gasteiger partial charge in [0.05, 0.1) is 7.11 Å². The van der Waals surface area contributed by atoms with Gasteiger partial charge in [-0.05, 0) is 49.4 Å². The van der Waals surface area contributed by atoms with Crippen molar-refractivity contribution < 1.29 is 18.7 Å². The van der Waals surface area contributed by atoms with Gasteiger partial charge < -0.3 is 14.4 Å². The summed E-state index contributed by atoms with van der Waals surface area (Å²) in [6.45, 7) is 6.27. The van der Waals surface area contributed by atoms with E-state index in [4.69, 9.17) is 9.47 Å². The summed E-state index contributed by atoms with van der Waals surface area (Å²) in [5.41, 5.74) is 1.10. The first-order chi connectivity index (χ1) is 11.6. The monoisotopic (exact) mass is 329 g/mol. The Morgan fingerprint density at radius 2 is 1.92 bits per heavy atom. The lowest BCUT2D eigenvalue weighted by Crippen LogP contribution is -2.30. The number of carbonyl (C=O) groups excluding carboxylic acids is 1. The Labute approximate surface area is 141 Å². The Morgan fingerprint density at radius 1 is 1.21 bits per heavy atom. The van der Waals surface area contributed by atoms with E-state index in [1.54, 1.807) is 41.3 Å². The molecule has 1 amide bonds. The van der Waals surface area contributed by atoms with Gasteiger partial charge in [-0.1, -0.05) is 12.7 Å². The van der Waals surface area contributed by atoms with Gasteiger partial charge in [-0.25, -0.2) is 4.39 Å². The lowest BCUT2D eigenvalue weighted by molar-refractivity contribution is 0.0988. The Kier molecular flexibility index (Phi) is 5.95. The summed E-state index contributed by atoms with van der Waals surface area (Å²) >= 11 is 0. The highest BCUT2D eigenvalue weighted by Crippen LogP contribution is 2.29. The van der Waals surface area contributed by atoms with Gasteiger partial charge in [0.1, 0.15) is 12.4 Å². The molecule has 126 valence electrons. The molecule has 5 heteroatoms. The van der Waals surface area contributed by atoms with Crippen molar-refractivity contribution >= 4 is 11.6 Å². The van der Waals surface area contributed by atoms with Crippen LogP contribution < -0.4 is 14.4 Å². The predicted molar refractivity (Wildman–Crippen MR) is 92.4 cm³/mol. The van der Waals surface area contributed by atoms with Gasteiger partial charge in [-0.3, -0.25) is 4.79 Å². The van der Waals surface area contributed by atoms with Gasteiger partial charge in [-0.15, -0.1) is 0 Å². The van der Waals surface area contributed by atoms with Gasteiger partial charge in [-0.2, -0.15) is 0 Å². The molecule has 0 fully saturated rings. The third kappa shape index (κ3) is 3.93. The predicted octanol–water partition coefficient (Wildman–Crippen LogP) is 4.07. The fraction of sp³-hybridized carbons (Fsp3) is 0.211. The molecule has 0 aliphatic rings. The maximum atomic E-state index is 13.1. The van der Waals surface area contributed by atoms with Crippen molar-refractivity contribution in [3.63, 3.8) is 0 Å². The van der Waals surface area contributed by atoms with Gasteiger partial charge in [0, 0.05) is 17.8 Å². The van der Waals surface area contributed by atoms with Crippen molar-refractivity contribution in [2.24, 2.45) is 0 Å². The van der Waals surface area contributed by atoms with Crippen LogP contribution in [0, 0.1) is 5.82 Å². The lowest BCUT2D eigenvalue weighted by atomic mass is 10.1. The highest BCUT2D eigenvalue weighted by atomic mass is 19.1. The van der Waals surface area contributed by atoms with Gasteiger partial charge in [0.15, 0.2) is 11.5 Å². The summed E-state index contributed by atoms with van der Waals surface area (Å²) in [5.74, 6) is 0.474. The zero-order valence-electron chi connectivity index (χ0n) is 13.8. The van der Waals surface area contributed by atoms with E-state index in [1.165, 1.54) is 19.2 Å². The van der Waals surface area contributed by atoms with Crippen molar-refractivity contribution in [1.29, 1.82) is 0 Å². The molecule has 0 saturated heterocycles. The molecular formula is C19H20FNO3. The molecule has 0 saturated carbocycles. The zero-order chi connectivity index (χ0) is 17.5. The summed E-state index contributed by atoms with van der Waals surface area (Å²) in [4.78, 5) is 14.3. The number of nitrogens with zero attached hydrogens (tertiary/aromatic N) is 1. The van der Waals surface area contributed by atoms with E-state index in [2.05, 4.69) is 6.58 Å². The Morgan fingerprint density at radius 3 is 2.50 bits per heavy atom. The van der Waals surface area contributed by atoms with Crippen LogP contribution in [-0.2, 0) is 0 Å². The number of ether oxygens (including phenoxy) is 2. The quantitative estimate of drug-likeness (QED) is 0.719. The molecule has 0 unspecified atom stereocenters.